The van der Waals surface area contributed by atoms with E-state index in [9.17, 15) is 4.79 Å². The van der Waals surface area contributed by atoms with E-state index in [-0.39, 0.29) is 36.4 Å². The molecule has 7 heteroatoms. The fourth-order valence-electron chi connectivity index (χ4n) is 2.80. The molecule has 1 heterocycles. The molecule has 0 aliphatic carbocycles. The van der Waals surface area contributed by atoms with Crippen molar-refractivity contribution in [3.8, 4) is 0 Å². The van der Waals surface area contributed by atoms with E-state index >= 15 is 0 Å². The van der Waals surface area contributed by atoms with Gasteiger partial charge >= 0.3 is 0 Å². The molecule has 1 aliphatic rings. The fourth-order valence-corrected chi connectivity index (χ4v) is 2.80. The van der Waals surface area contributed by atoms with Crippen molar-refractivity contribution in [1.29, 1.82) is 0 Å². The molecule has 0 bridgehead atoms. The van der Waals surface area contributed by atoms with Crippen molar-refractivity contribution in [2.24, 2.45) is 4.99 Å². The van der Waals surface area contributed by atoms with E-state index in [1.54, 1.807) is 7.05 Å². The Balaban J connectivity index is 0.00000338. The lowest BCUT2D eigenvalue weighted by atomic mass is 10.2. The summed E-state index contributed by atoms with van der Waals surface area (Å²) in [6, 6.07) is 8.08. The lowest BCUT2D eigenvalue weighted by Gasteiger charge is -2.18. The quantitative estimate of drug-likeness (QED) is 0.250. The minimum absolute atomic E-state index is 0. The second-order valence-electron chi connectivity index (χ2n) is 6.10. The van der Waals surface area contributed by atoms with Crippen molar-refractivity contribution >= 4 is 41.5 Å². The zero-order chi connectivity index (χ0) is 17.9. The number of nitrogens with zero attached hydrogens (tertiary/aromatic N) is 2. The van der Waals surface area contributed by atoms with Gasteiger partial charge in [-0.15, -0.1) is 24.0 Å². The van der Waals surface area contributed by atoms with E-state index in [2.05, 4.69) is 28.6 Å². The Morgan fingerprint density at radius 2 is 2.00 bits per heavy atom. The summed E-state index contributed by atoms with van der Waals surface area (Å²) in [6.07, 6.45) is 4.10. The van der Waals surface area contributed by atoms with Crippen LogP contribution in [0.2, 0.25) is 0 Å². The van der Waals surface area contributed by atoms with Crippen molar-refractivity contribution in [3.05, 3.63) is 29.8 Å². The number of halogens is 1. The molecule has 1 aromatic rings. The number of aliphatic imine (C=N–C) groups is 1. The molecule has 0 atom stereocenters. The highest BCUT2D eigenvalue weighted by Crippen LogP contribution is 2.27. The van der Waals surface area contributed by atoms with Crippen LogP contribution in [0.5, 0.6) is 0 Å². The number of unbranched alkanes of at least 4 members (excludes halogenated alkanes) is 1. The van der Waals surface area contributed by atoms with Crippen LogP contribution in [-0.2, 0) is 16.0 Å². The Bertz CT molecular complexity index is 580. The van der Waals surface area contributed by atoms with Gasteiger partial charge in [0, 0.05) is 39.0 Å². The summed E-state index contributed by atoms with van der Waals surface area (Å²) in [5.74, 6) is 0.713. The minimum Gasteiger partial charge on any atom is -0.381 e. The molecule has 2 rings (SSSR count). The standard InChI is InChI=1S/C19H30N4O2.HI/c1-3-4-13-25-14-7-11-21-19(20-2)22-15-18(24)23-12-10-16-8-5-6-9-17(16)23;/h5-6,8-9H,3-4,7,10-15H2,1-2H3,(H2,20,21,22);1H. The second-order valence-corrected chi connectivity index (χ2v) is 6.10. The van der Waals surface area contributed by atoms with E-state index in [1.807, 2.05) is 23.1 Å². The van der Waals surface area contributed by atoms with Gasteiger partial charge < -0.3 is 20.3 Å². The van der Waals surface area contributed by atoms with Gasteiger partial charge in [-0.1, -0.05) is 31.5 Å². The summed E-state index contributed by atoms with van der Waals surface area (Å²) in [5.41, 5.74) is 2.27. The number of guanidine groups is 1. The van der Waals surface area contributed by atoms with Crippen LogP contribution in [0.1, 0.15) is 31.7 Å². The predicted octanol–water partition coefficient (Wildman–Crippen LogP) is 2.57. The molecule has 0 spiro atoms. The first-order valence-electron chi connectivity index (χ1n) is 9.16. The van der Waals surface area contributed by atoms with Crippen LogP contribution in [0.3, 0.4) is 0 Å². The van der Waals surface area contributed by atoms with Gasteiger partial charge in [-0.05, 0) is 30.9 Å². The number of nitrogens with one attached hydrogen (secondary N) is 2. The number of carbonyl (C=O) groups excluding carboxylic acids is 1. The number of hydrogen-bond donors (Lipinski definition) is 2. The molecule has 0 saturated carbocycles. The van der Waals surface area contributed by atoms with E-state index in [0.29, 0.717) is 5.96 Å². The summed E-state index contributed by atoms with van der Waals surface area (Å²) < 4.78 is 5.53. The average molecular weight is 474 g/mol. The first-order chi connectivity index (χ1) is 12.3. The number of carbonyl (C=O) groups is 1. The van der Waals surface area contributed by atoms with Gasteiger partial charge in [0.1, 0.15) is 0 Å². The van der Waals surface area contributed by atoms with E-state index in [4.69, 9.17) is 4.74 Å². The number of rotatable bonds is 9. The number of amides is 1. The van der Waals surface area contributed by atoms with E-state index in [1.165, 1.54) is 5.56 Å². The SMILES string of the molecule is CCCCOCCCNC(=NC)NCC(=O)N1CCc2ccccc21.I. The molecular weight excluding hydrogens is 443 g/mol. The summed E-state index contributed by atoms with van der Waals surface area (Å²) >= 11 is 0. The average Bonchev–Trinajstić information content (AvgIpc) is 3.07. The molecule has 0 saturated heterocycles. The zero-order valence-corrected chi connectivity index (χ0v) is 18.1. The monoisotopic (exact) mass is 474 g/mol. The molecule has 0 unspecified atom stereocenters. The molecule has 2 N–H and O–H groups in total. The number of hydrogen-bond acceptors (Lipinski definition) is 3. The molecule has 0 radical (unpaired) electrons. The van der Waals surface area contributed by atoms with E-state index in [0.717, 1.165) is 57.7 Å². The molecule has 146 valence electrons. The van der Waals surface area contributed by atoms with Crippen LogP contribution in [0.15, 0.2) is 29.3 Å². The highest BCUT2D eigenvalue weighted by atomic mass is 127. The Hall–Kier alpha value is -1.35. The van der Waals surface area contributed by atoms with Crippen LogP contribution in [0.4, 0.5) is 5.69 Å². The van der Waals surface area contributed by atoms with Gasteiger partial charge in [0.2, 0.25) is 5.91 Å². The van der Waals surface area contributed by atoms with Gasteiger partial charge in [0.05, 0.1) is 6.54 Å². The maximum atomic E-state index is 12.5. The van der Waals surface area contributed by atoms with Crippen LogP contribution in [0.25, 0.3) is 0 Å². The van der Waals surface area contributed by atoms with Crippen LogP contribution < -0.4 is 15.5 Å². The number of fused-ring (bicyclic) bond motifs is 1. The van der Waals surface area contributed by atoms with Crippen molar-refractivity contribution in [1.82, 2.24) is 10.6 Å². The van der Waals surface area contributed by atoms with Crippen molar-refractivity contribution in [3.63, 3.8) is 0 Å². The molecular formula is C19H31IN4O2. The first-order valence-corrected chi connectivity index (χ1v) is 9.16. The predicted molar refractivity (Wildman–Crippen MR) is 118 cm³/mol. The van der Waals surface area contributed by atoms with Gasteiger partial charge in [0.15, 0.2) is 5.96 Å². The van der Waals surface area contributed by atoms with Crippen LogP contribution >= 0.6 is 24.0 Å². The molecule has 6 nitrogen and oxygen atoms in total. The van der Waals surface area contributed by atoms with Crippen LogP contribution in [-0.4, -0.2) is 51.8 Å². The third-order valence-electron chi connectivity index (χ3n) is 4.22. The third kappa shape index (κ3) is 7.11. The highest BCUT2D eigenvalue weighted by Gasteiger charge is 2.23. The summed E-state index contributed by atoms with van der Waals surface area (Å²) in [5, 5.41) is 6.31. The normalized spacial score (nSPS) is 13.2. The van der Waals surface area contributed by atoms with Crippen molar-refractivity contribution < 1.29 is 9.53 Å². The second kappa shape index (κ2) is 12.9. The largest absolute Gasteiger partial charge is 0.381 e. The van der Waals surface area contributed by atoms with Gasteiger partial charge in [-0.2, -0.15) is 0 Å². The molecule has 0 fully saturated rings. The number of anilines is 1. The number of ether oxygens (including phenoxy) is 1. The summed E-state index contributed by atoms with van der Waals surface area (Å²) in [6.45, 7) is 5.49. The molecule has 1 aliphatic heterocycles. The molecule has 26 heavy (non-hydrogen) atoms. The van der Waals surface area contributed by atoms with Crippen molar-refractivity contribution in [2.75, 3.05) is 44.8 Å². The smallest absolute Gasteiger partial charge is 0.246 e. The lowest BCUT2D eigenvalue weighted by Crippen LogP contribution is -2.44. The molecule has 1 amide bonds. The van der Waals surface area contributed by atoms with Gasteiger partial charge in [0.25, 0.3) is 0 Å². The first kappa shape index (κ1) is 22.7. The molecule has 1 aromatic carbocycles. The maximum Gasteiger partial charge on any atom is 0.246 e. The number of para-hydroxylation sites is 1. The zero-order valence-electron chi connectivity index (χ0n) is 15.8. The fraction of sp³-hybridized carbons (Fsp3) is 0.579. The maximum absolute atomic E-state index is 12.5. The van der Waals surface area contributed by atoms with E-state index < -0.39 is 0 Å². The van der Waals surface area contributed by atoms with Crippen LogP contribution in [0, 0.1) is 0 Å². The lowest BCUT2D eigenvalue weighted by molar-refractivity contribution is -0.117. The summed E-state index contributed by atoms with van der Waals surface area (Å²) in [4.78, 5) is 18.5. The summed E-state index contributed by atoms with van der Waals surface area (Å²) in [7, 11) is 1.71. The molecule has 0 aromatic heterocycles. The van der Waals surface area contributed by atoms with Gasteiger partial charge in [-0.25, -0.2) is 0 Å². The Labute approximate surface area is 173 Å². The number of benzene rings is 1. The Kier molecular flexibility index (Phi) is 11.3. The topological polar surface area (TPSA) is 66.0 Å². The third-order valence-corrected chi connectivity index (χ3v) is 4.22. The van der Waals surface area contributed by atoms with Crippen molar-refractivity contribution in [2.45, 2.75) is 32.6 Å². The Morgan fingerprint density at radius 3 is 2.77 bits per heavy atom. The Morgan fingerprint density at radius 1 is 1.23 bits per heavy atom. The highest BCUT2D eigenvalue weighted by molar-refractivity contribution is 14.0. The van der Waals surface area contributed by atoms with Gasteiger partial charge in [-0.3, -0.25) is 9.79 Å². The minimum atomic E-state index is 0.